The minimum atomic E-state index is -0.172. The van der Waals surface area contributed by atoms with E-state index < -0.39 is 0 Å². The molecule has 3 rings (SSSR count). The van der Waals surface area contributed by atoms with Crippen LogP contribution in [-0.2, 0) is 10.8 Å². The Hall–Kier alpha value is -2.07. The molecule has 132 valence electrons. The predicted octanol–water partition coefficient (Wildman–Crippen LogP) is 5.97. The lowest BCUT2D eigenvalue weighted by atomic mass is 9.78. The van der Waals surface area contributed by atoms with Crippen molar-refractivity contribution >= 4 is 21.6 Å². The molecule has 0 saturated carbocycles. The van der Waals surface area contributed by atoms with Crippen LogP contribution in [0.25, 0.3) is 20.8 Å². The number of rotatable bonds is 1. The molecule has 1 heterocycles. The number of phenols is 2. The van der Waals surface area contributed by atoms with Crippen LogP contribution in [0.15, 0.2) is 30.3 Å². The Morgan fingerprint density at radius 3 is 1.92 bits per heavy atom. The van der Waals surface area contributed by atoms with Gasteiger partial charge in [0.05, 0.1) is 10.2 Å². The van der Waals surface area contributed by atoms with E-state index in [1.54, 1.807) is 23.5 Å². The number of thiazole rings is 1. The maximum atomic E-state index is 10.9. The Bertz CT molecular complexity index is 908. The van der Waals surface area contributed by atoms with Crippen LogP contribution in [0.4, 0.5) is 0 Å². The van der Waals surface area contributed by atoms with E-state index in [2.05, 4.69) is 41.5 Å². The first-order chi connectivity index (χ1) is 11.5. The first kappa shape index (κ1) is 17.7. The zero-order valence-corrected chi connectivity index (χ0v) is 16.5. The van der Waals surface area contributed by atoms with E-state index >= 15 is 0 Å². The highest BCUT2D eigenvalue weighted by Gasteiger charge is 2.27. The molecule has 0 aliphatic carbocycles. The lowest BCUT2D eigenvalue weighted by Gasteiger charge is -2.28. The smallest absolute Gasteiger partial charge is 0.124 e. The van der Waals surface area contributed by atoms with Crippen molar-refractivity contribution in [1.29, 1.82) is 0 Å². The second-order valence-corrected chi connectivity index (χ2v) is 9.62. The summed E-state index contributed by atoms with van der Waals surface area (Å²) >= 11 is 1.56. The third-order valence-corrected chi connectivity index (χ3v) is 5.41. The van der Waals surface area contributed by atoms with Gasteiger partial charge in [-0.1, -0.05) is 41.5 Å². The number of benzene rings is 2. The maximum absolute atomic E-state index is 10.9. The summed E-state index contributed by atoms with van der Waals surface area (Å²) in [5.41, 5.74) is 3.40. The summed E-state index contributed by atoms with van der Waals surface area (Å²) in [6.45, 7) is 12.6. The van der Waals surface area contributed by atoms with Crippen LogP contribution in [0, 0.1) is 0 Å². The van der Waals surface area contributed by atoms with Crippen LogP contribution in [-0.4, -0.2) is 15.2 Å². The summed E-state index contributed by atoms with van der Waals surface area (Å²) in [4.78, 5) is 4.73. The van der Waals surface area contributed by atoms with Crippen molar-refractivity contribution in [2.45, 2.75) is 52.4 Å². The fourth-order valence-electron chi connectivity index (χ4n) is 2.94. The first-order valence-corrected chi connectivity index (χ1v) is 9.26. The molecule has 0 aliphatic heterocycles. The Kier molecular flexibility index (Phi) is 4.07. The third kappa shape index (κ3) is 3.36. The molecule has 2 aromatic carbocycles. The SMILES string of the molecule is CC(C)(C)c1cc(-c2nc3ccc(O)cc3s2)cc(C(C)(C)C)c1O. The van der Waals surface area contributed by atoms with Gasteiger partial charge >= 0.3 is 0 Å². The van der Waals surface area contributed by atoms with E-state index in [0.717, 1.165) is 31.9 Å². The van der Waals surface area contributed by atoms with Crippen LogP contribution >= 0.6 is 11.3 Å². The average Bonchev–Trinajstić information content (AvgIpc) is 2.87. The van der Waals surface area contributed by atoms with Gasteiger partial charge < -0.3 is 10.2 Å². The number of nitrogens with zero attached hydrogens (tertiary/aromatic N) is 1. The second-order valence-electron chi connectivity index (χ2n) is 8.59. The number of hydrogen-bond acceptors (Lipinski definition) is 4. The fourth-order valence-corrected chi connectivity index (χ4v) is 3.92. The van der Waals surface area contributed by atoms with Crippen molar-refractivity contribution in [3.8, 4) is 22.1 Å². The maximum Gasteiger partial charge on any atom is 0.124 e. The molecule has 4 heteroatoms. The largest absolute Gasteiger partial charge is 0.508 e. The highest BCUT2D eigenvalue weighted by molar-refractivity contribution is 7.21. The molecule has 0 atom stereocenters. The van der Waals surface area contributed by atoms with Gasteiger partial charge in [0.1, 0.15) is 16.5 Å². The molecule has 0 aliphatic rings. The second kappa shape index (κ2) is 5.73. The minimum Gasteiger partial charge on any atom is -0.508 e. The molecule has 0 saturated heterocycles. The molecule has 0 amide bonds. The molecule has 0 fully saturated rings. The van der Waals surface area contributed by atoms with Gasteiger partial charge in [-0.25, -0.2) is 4.98 Å². The number of fused-ring (bicyclic) bond motifs is 1. The van der Waals surface area contributed by atoms with Gasteiger partial charge in [-0.05, 0) is 41.2 Å². The molecular formula is C21H25NO2S. The zero-order chi connectivity index (χ0) is 18.6. The van der Waals surface area contributed by atoms with E-state index in [4.69, 9.17) is 4.98 Å². The van der Waals surface area contributed by atoms with Crippen LogP contribution in [0.3, 0.4) is 0 Å². The van der Waals surface area contributed by atoms with E-state index in [1.807, 2.05) is 18.2 Å². The van der Waals surface area contributed by atoms with Crippen LogP contribution in [0.2, 0.25) is 0 Å². The summed E-state index contributed by atoms with van der Waals surface area (Å²) in [6.07, 6.45) is 0. The van der Waals surface area contributed by atoms with E-state index in [9.17, 15) is 10.2 Å². The molecular weight excluding hydrogens is 330 g/mol. The van der Waals surface area contributed by atoms with Gasteiger partial charge in [-0.3, -0.25) is 0 Å². The average molecular weight is 356 g/mol. The summed E-state index contributed by atoms with van der Waals surface area (Å²) in [6, 6.07) is 9.32. The van der Waals surface area contributed by atoms with Gasteiger partial charge in [-0.15, -0.1) is 11.3 Å². The molecule has 0 spiro atoms. The van der Waals surface area contributed by atoms with Gasteiger partial charge in [0, 0.05) is 16.7 Å². The standard InChI is InChI=1S/C21H25NO2S/c1-20(2,3)14-9-12(10-15(18(14)24)21(4,5)6)19-22-16-8-7-13(23)11-17(16)25-19/h7-11,23-24H,1-6H3. The highest BCUT2D eigenvalue weighted by atomic mass is 32.1. The molecule has 1 aromatic heterocycles. The van der Waals surface area contributed by atoms with E-state index in [1.165, 1.54) is 0 Å². The van der Waals surface area contributed by atoms with Crippen molar-refractivity contribution in [1.82, 2.24) is 4.98 Å². The Morgan fingerprint density at radius 1 is 0.840 bits per heavy atom. The topological polar surface area (TPSA) is 53.4 Å². The van der Waals surface area contributed by atoms with Crippen LogP contribution < -0.4 is 0 Å². The van der Waals surface area contributed by atoms with Gasteiger partial charge in [0.2, 0.25) is 0 Å². The van der Waals surface area contributed by atoms with Crippen molar-refractivity contribution < 1.29 is 10.2 Å². The van der Waals surface area contributed by atoms with E-state index in [-0.39, 0.29) is 16.6 Å². The predicted molar refractivity (Wildman–Crippen MR) is 106 cm³/mol. The number of hydrogen-bond donors (Lipinski definition) is 2. The fraction of sp³-hybridized carbons (Fsp3) is 0.381. The van der Waals surface area contributed by atoms with Crippen molar-refractivity contribution in [3.63, 3.8) is 0 Å². The highest BCUT2D eigenvalue weighted by Crippen LogP contribution is 2.43. The van der Waals surface area contributed by atoms with Gasteiger partial charge in [0.25, 0.3) is 0 Å². The lowest BCUT2D eigenvalue weighted by Crippen LogP contribution is -2.17. The van der Waals surface area contributed by atoms with Crippen molar-refractivity contribution in [3.05, 3.63) is 41.5 Å². The van der Waals surface area contributed by atoms with Gasteiger partial charge in [0.15, 0.2) is 0 Å². The summed E-state index contributed by atoms with van der Waals surface area (Å²) < 4.78 is 0.956. The monoisotopic (exact) mass is 355 g/mol. The van der Waals surface area contributed by atoms with E-state index in [0.29, 0.717) is 5.75 Å². The Balaban J connectivity index is 2.27. The summed E-state index contributed by atoms with van der Waals surface area (Å²) in [7, 11) is 0. The molecule has 2 N–H and O–H groups in total. The van der Waals surface area contributed by atoms with Crippen LogP contribution in [0.1, 0.15) is 52.7 Å². The number of aromatic nitrogens is 1. The third-order valence-electron chi connectivity index (χ3n) is 4.34. The molecule has 0 unspecified atom stereocenters. The molecule has 3 nitrogen and oxygen atoms in total. The molecule has 25 heavy (non-hydrogen) atoms. The summed E-state index contributed by atoms with van der Waals surface area (Å²) in [5.74, 6) is 0.627. The normalized spacial score (nSPS) is 12.7. The quantitative estimate of drug-likeness (QED) is 0.565. The van der Waals surface area contributed by atoms with Crippen molar-refractivity contribution in [2.24, 2.45) is 0 Å². The molecule has 3 aromatic rings. The Labute approximate surface area is 153 Å². The van der Waals surface area contributed by atoms with Crippen LogP contribution in [0.5, 0.6) is 11.5 Å². The number of aromatic hydroxyl groups is 2. The van der Waals surface area contributed by atoms with Gasteiger partial charge in [-0.2, -0.15) is 0 Å². The molecule has 0 bridgehead atoms. The lowest BCUT2D eigenvalue weighted by molar-refractivity contribution is 0.423. The Morgan fingerprint density at radius 2 is 1.40 bits per heavy atom. The zero-order valence-electron chi connectivity index (χ0n) is 15.6. The minimum absolute atomic E-state index is 0.172. The molecule has 0 radical (unpaired) electrons. The number of phenolic OH excluding ortho intramolecular Hbond substituents is 2. The van der Waals surface area contributed by atoms with Crippen molar-refractivity contribution in [2.75, 3.05) is 0 Å². The first-order valence-electron chi connectivity index (χ1n) is 8.45. The summed E-state index contributed by atoms with van der Waals surface area (Å²) in [5, 5.41) is 21.5.